The van der Waals surface area contributed by atoms with E-state index in [1.54, 1.807) is 6.07 Å². The smallest absolute Gasteiger partial charge is 0.127 e. The molecule has 1 aliphatic carbocycles. The van der Waals surface area contributed by atoms with Crippen molar-refractivity contribution < 1.29 is 9.13 Å². The molecular formula is C14H20FNO. The summed E-state index contributed by atoms with van der Waals surface area (Å²) in [7, 11) is 0. The Morgan fingerprint density at radius 2 is 2.00 bits per heavy atom. The van der Waals surface area contributed by atoms with E-state index in [9.17, 15) is 4.39 Å². The molecule has 0 aromatic heterocycles. The Bertz CT molecular complexity index is 372. The lowest BCUT2D eigenvalue weighted by molar-refractivity contribution is 0.152. The summed E-state index contributed by atoms with van der Waals surface area (Å²) in [5.74, 6) is 0.354. The molecule has 0 spiro atoms. The van der Waals surface area contributed by atoms with Crippen LogP contribution < -0.4 is 10.5 Å². The Kier molecular flexibility index (Phi) is 4.00. The van der Waals surface area contributed by atoms with Gasteiger partial charge in [0.1, 0.15) is 11.6 Å². The first kappa shape index (κ1) is 12.4. The van der Waals surface area contributed by atoms with Crippen LogP contribution in [-0.4, -0.2) is 6.10 Å². The van der Waals surface area contributed by atoms with Crippen molar-refractivity contribution in [2.75, 3.05) is 0 Å². The zero-order valence-corrected chi connectivity index (χ0v) is 10.3. The molecule has 0 aliphatic heterocycles. The molecule has 1 atom stereocenters. The van der Waals surface area contributed by atoms with E-state index in [0.717, 1.165) is 18.4 Å². The third-order valence-corrected chi connectivity index (χ3v) is 3.31. The number of nitrogens with two attached hydrogens (primary N) is 1. The van der Waals surface area contributed by atoms with E-state index < -0.39 is 0 Å². The van der Waals surface area contributed by atoms with Crippen molar-refractivity contribution >= 4 is 0 Å². The molecule has 1 aliphatic rings. The molecule has 2 N–H and O–H groups in total. The summed E-state index contributed by atoms with van der Waals surface area (Å²) in [4.78, 5) is 0. The van der Waals surface area contributed by atoms with E-state index >= 15 is 0 Å². The number of hydrogen-bond donors (Lipinski definition) is 1. The van der Waals surface area contributed by atoms with Gasteiger partial charge in [-0.2, -0.15) is 0 Å². The quantitative estimate of drug-likeness (QED) is 0.872. The van der Waals surface area contributed by atoms with Crippen molar-refractivity contribution in [3.63, 3.8) is 0 Å². The van der Waals surface area contributed by atoms with E-state index in [0.29, 0.717) is 5.75 Å². The lowest BCUT2D eigenvalue weighted by Gasteiger charge is -2.25. The second-order valence-corrected chi connectivity index (χ2v) is 4.85. The van der Waals surface area contributed by atoms with Gasteiger partial charge in [0.2, 0.25) is 0 Å². The average Bonchev–Trinajstić information content (AvgIpc) is 2.30. The first-order valence-corrected chi connectivity index (χ1v) is 6.38. The van der Waals surface area contributed by atoms with Gasteiger partial charge in [-0.1, -0.05) is 12.5 Å². The van der Waals surface area contributed by atoms with E-state index in [4.69, 9.17) is 10.5 Å². The van der Waals surface area contributed by atoms with Crippen molar-refractivity contribution in [1.29, 1.82) is 0 Å². The molecule has 1 fully saturated rings. The summed E-state index contributed by atoms with van der Waals surface area (Å²) < 4.78 is 19.2. The van der Waals surface area contributed by atoms with Gasteiger partial charge in [0, 0.05) is 17.7 Å². The first-order chi connectivity index (χ1) is 8.16. The van der Waals surface area contributed by atoms with Crippen molar-refractivity contribution in [3.05, 3.63) is 29.6 Å². The highest BCUT2D eigenvalue weighted by Gasteiger charge is 2.17. The fourth-order valence-corrected chi connectivity index (χ4v) is 2.35. The fourth-order valence-electron chi connectivity index (χ4n) is 2.35. The molecule has 1 aromatic carbocycles. The van der Waals surface area contributed by atoms with Crippen molar-refractivity contribution in [2.45, 2.75) is 51.2 Å². The molecule has 0 heterocycles. The van der Waals surface area contributed by atoms with Gasteiger partial charge in [0.15, 0.2) is 0 Å². The third kappa shape index (κ3) is 3.19. The summed E-state index contributed by atoms with van der Waals surface area (Å²) in [5, 5.41) is 0. The Morgan fingerprint density at radius 1 is 1.29 bits per heavy atom. The first-order valence-electron chi connectivity index (χ1n) is 6.38. The monoisotopic (exact) mass is 237 g/mol. The molecule has 1 saturated carbocycles. The van der Waals surface area contributed by atoms with E-state index in [-0.39, 0.29) is 18.0 Å². The molecule has 94 valence electrons. The lowest BCUT2D eigenvalue weighted by Crippen LogP contribution is -2.21. The van der Waals surface area contributed by atoms with Crippen LogP contribution in [0.3, 0.4) is 0 Å². The SMILES string of the molecule is C[C@@H](N)c1ccc(F)cc1OC1CCCCC1. The molecule has 3 heteroatoms. The number of rotatable bonds is 3. The van der Waals surface area contributed by atoms with Crippen LogP contribution in [0, 0.1) is 5.82 Å². The van der Waals surface area contributed by atoms with Gasteiger partial charge in [-0.3, -0.25) is 0 Å². The molecule has 2 rings (SSSR count). The molecular weight excluding hydrogens is 217 g/mol. The zero-order valence-electron chi connectivity index (χ0n) is 10.3. The summed E-state index contributed by atoms with van der Waals surface area (Å²) in [5.41, 5.74) is 6.75. The summed E-state index contributed by atoms with van der Waals surface area (Å²) >= 11 is 0. The van der Waals surface area contributed by atoms with Gasteiger partial charge in [-0.05, 0) is 38.7 Å². The number of hydrogen-bond acceptors (Lipinski definition) is 2. The van der Waals surface area contributed by atoms with Gasteiger partial charge in [0.05, 0.1) is 6.10 Å². The van der Waals surface area contributed by atoms with Crippen molar-refractivity contribution in [2.24, 2.45) is 5.73 Å². The molecule has 0 unspecified atom stereocenters. The van der Waals surface area contributed by atoms with Crippen LogP contribution in [0.15, 0.2) is 18.2 Å². The second kappa shape index (κ2) is 5.50. The third-order valence-electron chi connectivity index (χ3n) is 3.31. The minimum Gasteiger partial charge on any atom is -0.490 e. The Hall–Kier alpha value is -1.09. The van der Waals surface area contributed by atoms with Crippen LogP contribution in [0.4, 0.5) is 4.39 Å². The Labute approximate surface area is 102 Å². The average molecular weight is 237 g/mol. The fraction of sp³-hybridized carbons (Fsp3) is 0.571. The number of ether oxygens (including phenoxy) is 1. The molecule has 2 nitrogen and oxygen atoms in total. The van der Waals surface area contributed by atoms with Crippen molar-refractivity contribution in [1.82, 2.24) is 0 Å². The maximum Gasteiger partial charge on any atom is 0.127 e. The second-order valence-electron chi connectivity index (χ2n) is 4.85. The minimum atomic E-state index is -0.264. The Balaban J connectivity index is 2.14. The number of benzene rings is 1. The van der Waals surface area contributed by atoms with Gasteiger partial charge in [0.25, 0.3) is 0 Å². The van der Waals surface area contributed by atoms with E-state index in [1.165, 1.54) is 31.4 Å². The highest BCUT2D eigenvalue weighted by molar-refractivity contribution is 5.36. The standard InChI is InChI=1S/C14H20FNO/c1-10(16)13-8-7-11(15)9-14(13)17-12-5-3-2-4-6-12/h7-10,12H,2-6,16H2,1H3/t10-/m1/s1. The van der Waals surface area contributed by atoms with Crippen LogP contribution in [-0.2, 0) is 0 Å². The molecule has 0 bridgehead atoms. The highest BCUT2D eigenvalue weighted by atomic mass is 19.1. The van der Waals surface area contributed by atoms with E-state index in [2.05, 4.69) is 0 Å². The molecule has 17 heavy (non-hydrogen) atoms. The van der Waals surface area contributed by atoms with Gasteiger partial charge < -0.3 is 10.5 Å². The van der Waals surface area contributed by atoms with Gasteiger partial charge in [-0.15, -0.1) is 0 Å². The van der Waals surface area contributed by atoms with Crippen LogP contribution >= 0.6 is 0 Å². The maximum absolute atomic E-state index is 13.2. The maximum atomic E-state index is 13.2. The van der Waals surface area contributed by atoms with Crippen LogP contribution in [0.5, 0.6) is 5.75 Å². The summed E-state index contributed by atoms with van der Waals surface area (Å²) in [6.45, 7) is 1.89. The molecule has 0 amide bonds. The number of halogens is 1. The molecule has 0 radical (unpaired) electrons. The molecule has 0 saturated heterocycles. The Morgan fingerprint density at radius 3 is 2.65 bits per heavy atom. The lowest BCUT2D eigenvalue weighted by atomic mass is 9.97. The van der Waals surface area contributed by atoms with Crippen LogP contribution in [0.1, 0.15) is 50.6 Å². The summed E-state index contributed by atoms with van der Waals surface area (Å²) in [6, 6.07) is 4.48. The largest absolute Gasteiger partial charge is 0.490 e. The van der Waals surface area contributed by atoms with Gasteiger partial charge >= 0.3 is 0 Å². The predicted molar refractivity (Wildman–Crippen MR) is 66.5 cm³/mol. The minimum absolute atomic E-state index is 0.130. The molecule has 1 aromatic rings. The van der Waals surface area contributed by atoms with Crippen LogP contribution in [0.25, 0.3) is 0 Å². The zero-order chi connectivity index (χ0) is 12.3. The predicted octanol–water partition coefficient (Wildman–Crippen LogP) is 3.56. The topological polar surface area (TPSA) is 35.2 Å². The van der Waals surface area contributed by atoms with Gasteiger partial charge in [-0.25, -0.2) is 4.39 Å². The van der Waals surface area contributed by atoms with Crippen molar-refractivity contribution in [3.8, 4) is 5.75 Å². The van der Waals surface area contributed by atoms with Crippen LogP contribution in [0.2, 0.25) is 0 Å². The summed E-state index contributed by atoms with van der Waals surface area (Å²) in [6.07, 6.45) is 6.04. The normalized spacial score (nSPS) is 19.0. The van der Waals surface area contributed by atoms with E-state index in [1.807, 2.05) is 6.92 Å². The highest BCUT2D eigenvalue weighted by Crippen LogP contribution is 2.29.